The number of rotatable bonds is 7. The second-order valence-corrected chi connectivity index (χ2v) is 11.5. The molecule has 2 aliphatic carbocycles. The third-order valence-electron chi connectivity index (χ3n) is 7.62. The Morgan fingerprint density at radius 2 is 1.66 bits per heavy atom. The quantitative estimate of drug-likeness (QED) is 0.386. The average Bonchev–Trinajstić information content (AvgIpc) is 3.20. The first kappa shape index (κ1) is 41.9. The molecule has 0 radical (unpaired) electrons. The van der Waals surface area contributed by atoms with Gasteiger partial charge in [0, 0.05) is 30.6 Å². The molecule has 35 heavy (non-hydrogen) atoms. The normalized spacial score (nSPS) is 24.6. The Balaban J connectivity index is -0.000000320. The van der Waals surface area contributed by atoms with Crippen LogP contribution in [0.1, 0.15) is 93.4 Å². The largest absolute Gasteiger partial charge is 0.412 e. The monoisotopic (exact) mass is 527 g/mol. The van der Waals surface area contributed by atoms with Gasteiger partial charge in [-0.05, 0) is 75.9 Å². The fourth-order valence-corrected chi connectivity index (χ4v) is 5.98. The van der Waals surface area contributed by atoms with Crippen LogP contribution in [0, 0.1) is 17.3 Å². The Labute approximate surface area is 222 Å². The lowest BCUT2D eigenvalue weighted by Gasteiger charge is -2.47. The van der Waals surface area contributed by atoms with Crippen molar-refractivity contribution in [2.75, 3.05) is 33.2 Å². The van der Waals surface area contributed by atoms with Crippen LogP contribution in [0.3, 0.4) is 0 Å². The van der Waals surface area contributed by atoms with Gasteiger partial charge in [-0.3, -0.25) is 0 Å². The fourth-order valence-electron chi connectivity index (χ4n) is 5.78. The zero-order valence-corrected chi connectivity index (χ0v) is 23.5. The topological polar surface area (TPSA) is 153 Å². The summed E-state index contributed by atoms with van der Waals surface area (Å²) < 4.78 is 0. The standard InChI is InChI=1S/C19H35ClN2.C7H15N.CH4.4H2O/c1-14(2)18(21-5)12-22-11-10-17(19(3,4)13-22)15-6-8-16(20)9-7-15;1-2-8-7-5-3-4-6-7;;;;;/h6,14,16-18,21H,7-13H2,1-5H3;7-8H,2-6H2,1H3;1H4;4*1H2/t16?,17?,18-;;;;;;/m0....../s1. The molecule has 2 fully saturated rings. The molecule has 10 N–H and O–H groups in total. The Morgan fingerprint density at radius 1 is 1.06 bits per heavy atom. The van der Waals surface area contributed by atoms with Crippen LogP contribution in [-0.2, 0) is 0 Å². The van der Waals surface area contributed by atoms with Crippen molar-refractivity contribution in [3.8, 4) is 0 Å². The second-order valence-electron chi connectivity index (χ2n) is 10.9. The number of nitrogens with one attached hydrogen (secondary N) is 2. The van der Waals surface area contributed by atoms with E-state index in [-0.39, 0.29) is 29.3 Å². The lowest BCUT2D eigenvalue weighted by atomic mass is 9.68. The summed E-state index contributed by atoms with van der Waals surface area (Å²) in [4.78, 5) is 2.67. The van der Waals surface area contributed by atoms with Gasteiger partial charge in [-0.25, -0.2) is 0 Å². The number of halogens is 1. The van der Waals surface area contributed by atoms with Crippen molar-refractivity contribution in [1.29, 1.82) is 0 Å². The lowest BCUT2D eigenvalue weighted by Crippen LogP contribution is -2.51. The molecule has 3 atom stereocenters. The highest BCUT2D eigenvalue weighted by Gasteiger charge is 2.38. The van der Waals surface area contributed by atoms with E-state index in [1.165, 1.54) is 64.6 Å². The highest BCUT2D eigenvalue weighted by atomic mass is 35.5. The van der Waals surface area contributed by atoms with E-state index in [1.807, 2.05) is 0 Å². The number of allylic oxidation sites excluding steroid dienone is 2. The van der Waals surface area contributed by atoms with Crippen molar-refractivity contribution in [1.82, 2.24) is 15.5 Å². The molecule has 3 aliphatic rings. The molecular formula is C27H62ClN3O4. The molecule has 0 aromatic rings. The second kappa shape index (κ2) is 20.8. The third-order valence-corrected chi connectivity index (χ3v) is 8.01. The molecule has 7 nitrogen and oxygen atoms in total. The maximum atomic E-state index is 6.26. The maximum Gasteiger partial charge on any atom is 0.0373 e. The van der Waals surface area contributed by atoms with Crippen molar-refractivity contribution < 1.29 is 21.9 Å². The Hall–Kier alpha value is -0.250. The van der Waals surface area contributed by atoms with Gasteiger partial charge in [0.15, 0.2) is 0 Å². The first-order chi connectivity index (χ1) is 14.3. The third kappa shape index (κ3) is 13.7. The number of piperidine rings is 1. The number of nitrogens with zero attached hydrogens (tertiary/aromatic N) is 1. The highest BCUT2D eigenvalue weighted by molar-refractivity contribution is 6.20. The van der Waals surface area contributed by atoms with E-state index in [4.69, 9.17) is 11.6 Å². The van der Waals surface area contributed by atoms with Gasteiger partial charge in [-0.1, -0.05) is 66.5 Å². The van der Waals surface area contributed by atoms with Gasteiger partial charge < -0.3 is 37.4 Å². The summed E-state index contributed by atoms with van der Waals surface area (Å²) >= 11 is 6.26. The molecule has 0 bridgehead atoms. The van der Waals surface area contributed by atoms with Gasteiger partial charge >= 0.3 is 0 Å². The molecule has 3 rings (SSSR count). The summed E-state index contributed by atoms with van der Waals surface area (Å²) in [6.45, 7) is 16.5. The summed E-state index contributed by atoms with van der Waals surface area (Å²) in [5.74, 6) is 1.44. The van der Waals surface area contributed by atoms with Crippen LogP contribution in [0.25, 0.3) is 0 Å². The van der Waals surface area contributed by atoms with Crippen molar-refractivity contribution >= 4 is 11.6 Å². The van der Waals surface area contributed by atoms with E-state index in [0.29, 0.717) is 22.8 Å². The van der Waals surface area contributed by atoms with Crippen LogP contribution in [-0.4, -0.2) is 77.5 Å². The van der Waals surface area contributed by atoms with E-state index in [0.717, 1.165) is 24.9 Å². The highest BCUT2D eigenvalue weighted by Crippen LogP contribution is 2.43. The van der Waals surface area contributed by atoms with Crippen LogP contribution in [0.5, 0.6) is 0 Å². The predicted octanol–water partition coefficient (Wildman–Crippen LogP) is 3.17. The van der Waals surface area contributed by atoms with Crippen molar-refractivity contribution in [3.63, 3.8) is 0 Å². The van der Waals surface area contributed by atoms with Gasteiger partial charge in [0.25, 0.3) is 0 Å². The molecule has 1 saturated carbocycles. The zero-order chi connectivity index (χ0) is 22.1. The number of likely N-dealkylation sites (tertiary alicyclic amines) is 1. The Morgan fingerprint density at radius 3 is 2.09 bits per heavy atom. The van der Waals surface area contributed by atoms with Crippen LogP contribution in [0.2, 0.25) is 0 Å². The minimum absolute atomic E-state index is 0. The Bertz CT molecular complexity index is 529. The molecule has 0 aromatic heterocycles. The average molecular weight is 528 g/mol. The van der Waals surface area contributed by atoms with Crippen molar-refractivity contribution in [3.05, 3.63) is 11.6 Å². The summed E-state index contributed by atoms with van der Waals surface area (Å²) in [7, 11) is 2.10. The first-order valence-corrected chi connectivity index (χ1v) is 13.2. The maximum absolute atomic E-state index is 6.26. The van der Waals surface area contributed by atoms with Crippen LogP contribution in [0.4, 0.5) is 0 Å². The number of hydrogen-bond donors (Lipinski definition) is 2. The van der Waals surface area contributed by atoms with Crippen molar-refractivity contribution in [2.24, 2.45) is 17.3 Å². The van der Waals surface area contributed by atoms with Crippen LogP contribution in [0.15, 0.2) is 11.6 Å². The molecular weight excluding hydrogens is 466 g/mol. The fraction of sp³-hybridized carbons (Fsp3) is 0.926. The van der Waals surface area contributed by atoms with Gasteiger partial charge in [0.05, 0.1) is 0 Å². The SMILES string of the molecule is C.CCNC1CCCC1.CN[C@@H](CN1CCC(C2=CCC(Cl)CC2)C(C)(C)C1)C(C)C.O.O.O.O. The van der Waals surface area contributed by atoms with E-state index in [2.05, 4.69) is 63.3 Å². The molecule has 0 amide bonds. The summed E-state index contributed by atoms with van der Waals surface area (Å²) in [6.07, 6.45) is 12.9. The van der Waals surface area contributed by atoms with E-state index in [9.17, 15) is 0 Å². The zero-order valence-electron chi connectivity index (χ0n) is 22.8. The summed E-state index contributed by atoms with van der Waals surface area (Å²) in [5.41, 5.74) is 2.06. The van der Waals surface area contributed by atoms with Gasteiger partial charge in [-0.2, -0.15) is 0 Å². The minimum Gasteiger partial charge on any atom is -0.412 e. The van der Waals surface area contributed by atoms with E-state index < -0.39 is 0 Å². The summed E-state index contributed by atoms with van der Waals surface area (Å²) in [5, 5.41) is 7.30. The lowest BCUT2D eigenvalue weighted by molar-refractivity contribution is 0.0607. The molecule has 2 unspecified atom stereocenters. The number of likely N-dealkylation sites (N-methyl/N-ethyl adjacent to an activating group) is 1. The van der Waals surface area contributed by atoms with Gasteiger partial charge in [-0.15, -0.1) is 11.6 Å². The number of hydrogen-bond acceptors (Lipinski definition) is 3. The smallest absolute Gasteiger partial charge is 0.0373 e. The molecule has 1 heterocycles. The van der Waals surface area contributed by atoms with E-state index in [1.54, 1.807) is 5.57 Å². The van der Waals surface area contributed by atoms with Gasteiger partial charge in [0.1, 0.15) is 0 Å². The van der Waals surface area contributed by atoms with Crippen LogP contribution < -0.4 is 10.6 Å². The number of alkyl halides is 1. The molecule has 0 spiro atoms. The summed E-state index contributed by atoms with van der Waals surface area (Å²) in [6, 6.07) is 1.46. The molecule has 8 heteroatoms. The van der Waals surface area contributed by atoms with E-state index >= 15 is 0 Å². The predicted molar refractivity (Wildman–Crippen MR) is 155 cm³/mol. The van der Waals surface area contributed by atoms with Crippen LogP contribution >= 0.6 is 11.6 Å². The molecule has 1 aliphatic heterocycles. The Kier molecular flexibility index (Phi) is 24.8. The van der Waals surface area contributed by atoms with Gasteiger partial charge in [0.2, 0.25) is 0 Å². The first-order valence-electron chi connectivity index (χ1n) is 12.7. The molecule has 0 aromatic carbocycles. The minimum atomic E-state index is 0. The van der Waals surface area contributed by atoms with Crippen molar-refractivity contribution in [2.45, 2.75) is 111 Å². The molecule has 216 valence electrons. The molecule has 1 saturated heterocycles.